The molecule has 0 heterocycles. The second-order valence-corrected chi connectivity index (χ2v) is 8.16. The minimum Gasteiger partial charge on any atom is -0.478 e. The molecule has 19 heavy (non-hydrogen) atoms. The van der Waals surface area contributed by atoms with Gasteiger partial charge in [0.15, 0.2) is 0 Å². The molecule has 0 aromatic rings. The summed E-state index contributed by atoms with van der Waals surface area (Å²) in [5, 5.41) is 2.60. The van der Waals surface area contributed by atoms with Crippen molar-refractivity contribution >= 4 is 14.5 Å². The first-order valence-corrected chi connectivity index (χ1v) is 10.7. The molecule has 0 saturated carbocycles. The first-order chi connectivity index (χ1) is 9.28. The van der Waals surface area contributed by atoms with E-state index in [1.165, 1.54) is 49.1 Å². The monoisotopic (exact) mass is 286 g/mol. The number of rotatable bonds is 14. The highest BCUT2D eigenvalue weighted by molar-refractivity contribution is 6.51. The average Bonchev–Trinajstić information content (AvgIpc) is 2.39. The summed E-state index contributed by atoms with van der Waals surface area (Å²) in [7, 11) is 0. The molecule has 0 amide bonds. The summed E-state index contributed by atoms with van der Waals surface area (Å²) in [4.78, 5) is 0. The Kier molecular flexibility index (Phi) is 15.2. The molecule has 0 spiro atoms. The summed E-state index contributed by atoms with van der Waals surface area (Å²) >= 11 is -1.01. The fourth-order valence-corrected chi connectivity index (χ4v) is 4.80. The fourth-order valence-electron chi connectivity index (χ4n) is 2.31. The molecule has 0 bridgehead atoms. The zero-order valence-corrected chi connectivity index (χ0v) is 14.9. The normalized spacial score (nSPS) is 12.6. The van der Waals surface area contributed by atoms with E-state index in [1.807, 2.05) is 0 Å². The molecule has 0 N–H and O–H groups in total. The van der Waals surface area contributed by atoms with Gasteiger partial charge in [-0.2, -0.15) is 0 Å². The molecule has 2 nitrogen and oxygen atoms in total. The van der Waals surface area contributed by atoms with E-state index >= 15 is 0 Å². The maximum Gasteiger partial charge on any atom is 0.462 e. The van der Waals surface area contributed by atoms with Gasteiger partial charge >= 0.3 is 14.5 Å². The summed E-state index contributed by atoms with van der Waals surface area (Å²) in [6.45, 7) is 9.87. The van der Waals surface area contributed by atoms with E-state index in [-0.39, 0.29) is 6.29 Å². The summed E-state index contributed by atoms with van der Waals surface area (Å²) < 4.78 is 12.3. The van der Waals surface area contributed by atoms with Crippen LogP contribution in [0.4, 0.5) is 0 Å². The topological polar surface area (TPSA) is 18.5 Å². The molecule has 0 rings (SSSR count). The predicted molar refractivity (Wildman–Crippen MR) is 85.8 cm³/mol. The molecule has 0 aromatic carbocycles. The van der Waals surface area contributed by atoms with Gasteiger partial charge in [0.05, 0.1) is 0 Å². The van der Waals surface area contributed by atoms with Gasteiger partial charge in [-0.3, -0.25) is 0 Å². The Morgan fingerprint density at radius 2 is 1.47 bits per heavy atom. The minimum atomic E-state index is -1.01. The maximum atomic E-state index is 6.30. The molecule has 0 saturated heterocycles. The smallest absolute Gasteiger partial charge is 0.462 e. The zero-order valence-electron chi connectivity index (χ0n) is 13.7. The third-order valence-corrected chi connectivity index (χ3v) is 6.52. The van der Waals surface area contributed by atoms with Crippen LogP contribution in [0, 0.1) is 0 Å². The van der Waals surface area contributed by atoms with Gasteiger partial charge in [0.1, 0.15) is 6.29 Å². The van der Waals surface area contributed by atoms with Crippen LogP contribution in [0.25, 0.3) is 0 Å². The van der Waals surface area contributed by atoms with Gasteiger partial charge in [0.25, 0.3) is 0 Å². The minimum absolute atomic E-state index is 0.0846. The van der Waals surface area contributed by atoms with Crippen LogP contribution in [0.1, 0.15) is 79.1 Å². The van der Waals surface area contributed by atoms with Crippen LogP contribution in [0.15, 0.2) is 0 Å². The van der Waals surface area contributed by atoms with Crippen molar-refractivity contribution in [2.24, 2.45) is 0 Å². The van der Waals surface area contributed by atoms with Crippen LogP contribution in [0.3, 0.4) is 0 Å². The van der Waals surface area contributed by atoms with E-state index in [1.54, 1.807) is 0 Å². The summed E-state index contributed by atoms with van der Waals surface area (Å²) in [5.41, 5.74) is 0. The highest BCUT2D eigenvalue weighted by Gasteiger charge is 2.22. The summed E-state index contributed by atoms with van der Waals surface area (Å²) in [5.74, 6) is 0. The standard InChI is InChI=1S/C10H21O2.2C3H7.Al/c1-3-5-6-7-9-12-10(11)8-4-2;2*1-3-2;/h10H,3-9H2,1-2H3;2*1,3H2,2H3;/q-1;;;+1. The second-order valence-electron chi connectivity index (χ2n) is 5.49. The third kappa shape index (κ3) is 11.9. The van der Waals surface area contributed by atoms with Gasteiger partial charge < -0.3 is 8.53 Å². The van der Waals surface area contributed by atoms with Crippen molar-refractivity contribution in [2.45, 2.75) is 95.9 Å². The van der Waals surface area contributed by atoms with Crippen molar-refractivity contribution in [2.75, 3.05) is 6.61 Å². The van der Waals surface area contributed by atoms with E-state index < -0.39 is 14.5 Å². The van der Waals surface area contributed by atoms with Gasteiger partial charge in [-0.25, -0.2) is 0 Å². The number of ether oxygens (including phenoxy) is 1. The van der Waals surface area contributed by atoms with Gasteiger partial charge in [-0.05, 0) is 12.8 Å². The van der Waals surface area contributed by atoms with Crippen LogP contribution >= 0.6 is 0 Å². The van der Waals surface area contributed by atoms with Gasteiger partial charge in [0, 0.05) is 6.61 Å². The van der Waals surface area contributed by atoms with E-state index in [4.69, 9.17) is 8.53 Å². The van der Waals surface area contributed by atoms with E-state index in [0.29, 0.717) is 0 Å². The lowest BCUT2D eigenvalue weighted by atomic mass is 10.2. The Morgan fingerprint density at radius 3 is 2.00 bits per heavy atom. The van der Waals surface area contributed by atoms with Crippen LogP contribution in [0.2, 0.25) is 10.6 Å². The number of hydrogen-bond donors (Lipinski definition) is 0. The van der Waals surface area contributed by atoms with E-state index in [2.05, 4.69) is 27.7 Å². The fraction of sp³-hybridized carbons (Fsp3) is 1.00. The van der Waals surface area contributed by atoms with Crippen LogP contribution in [-0.2, 0) is 8.53 Å². The molecule has 0 fully saturated rings. The Bertz CT molecular complexity index is 170. The second kappa shape index (κ2) is 14.9. The molecular formula is C16H35AlO2. The molecule has 0 aromatic heterocycles. The van der Waals surface area contributed by atoms with E-state index in [0.717, 1.165) is 19.4 Å². The number of unbranched alkanes of at least 4 members (excludes halogenated alkanes) is 3. The predicted octanol–water partition coefficient (Wildman–Crippen LogP) is 5.54. The van der Waals surface area contributed by atoms with Crippen molar-refractivity contribution < 1.29 is 8.53 Å². The lowest BCUT2D eigenvalue weighted by Gasteiger charge is -2.23. The molecule has 0 aliphatic heterocycles. The molecule has 1 atom stereocenters. The number of hydrogen-bond acceptors (Lipinski definition) is 2. The molecule has 0 radical (unpaired) electrons. The van der Waals surface area contributed by atoms with Gasteiger partial charge in [0.2, 0.25) is 0 Å². The third-order valence-electron chi connectivity index (χ3n) is 3.39. The van der Waals surface area contributed by atoms with E-state index in [9.17, 15) is 0 Å². The largest absolute Gasteiger partial charge is 0.478 e. The summed E-state index contributed by atoms with van der Waals surface area (Å²) in [6, 6.07) is 0. The van der Waals surface area contributed by atoms with Crippen molar-refractivity contribution in [1.82, 2.24) is 0 Å². The summed E-state index contributed by atoms with van der Waals surface area (Å²) in [6.07, 6.45) is 9.90. The molecule has 0 aliphatic carbocycles. The highest BCUT2D eigenvalue weighted by Crippen LogP contribution is 2.14. The first-order valence-electron chi connectivity index (χ1n) is 8.55. The molecule has 3 heteroatoms. The van der Waals surface area contributed by atoms with Crippen molar-refractivity contribution in [3.8, 4) is 0 Å². The lowest BCUT2D eigenvalue weighted by molar-refractivity contribution is -0.0888. The van der Waals surface area contributed by atoms with Crippen molar-refractivity contribution in [1.29, 1.82) is 0 Å². The Morgan fingerprint density at radius 1 is 0.789 bits per heavy atom. The molecule has 114 valence electrons. The SMILES string of the molecule is CCCCCCOC(CCC)[O][Al]([CH2]CC)[CH2]CC. The molecule has 0 aliphatic rings. The quantitative estimate of drug-likeness (QED) is 0.237. The average molecular weight is 286 g/mol. The molecule has 1 unspecified atom stereocenters. The lowest BCUT2D eigenvalue weighted by Crippen LogP contribution is -2.28. The zero-order chi connectivity index (χ0) is 14.3. The Hall–Kier alpha value is 0.452. The van der Waals surface area contributed by atoms with Crippen molar-refractivity contribution in [3.63, 3.8) is 0 Å². The van der Waals surface area contributed by atoms with Gasteiger partial charge in [-0.15, -0.1) is 0 Å². The van der Waals surface area contributed by atoms with Gasteiger partial charge in [-0.1, -0.05) is 76.8 Å². The van der Waals surface area contributed by atoms with Crippen LogP contribution < -0.4 is 0 Å². The maximum absolute atomic E-state index is 6.30. The van der Waals surface area contributed by atoms with Crippen LogP contribution in [-0.4, -0.2) is 27.4 Å². The molecular weight excluding hydrogens is 251 g/mol. The highest BCUT2D eigenvalue weighted by atomic mass is 27.2. The van der Waals surface area contributed by atoms with Crippen molar-refractivity contribution in [3.05, 3.63) is 0 Å². The van der Waals surface area contributed by atoms with Crippen LogP contribution in [0.5, 0.6) is 0 Å². The Labute approximate surface area is 126 Å². The Balaban J connectivity index is 3.92. The first kappa shape index (κ1) is 19.5.